The summed E-state index contributed by atoms with van der Waals surface area (Å²) in [6, 6.07) is 0.470. The summed E-state index contributed by atoms with van der Waals surface area (Å²) < 4.78 is 41.8. The summed E-state index contributed by atoms with van der Waals surface area (Å²) in [4.78, 5) is 14.2. The molecule has 1 aliphatic heterocycles. The number of aromatic amines is 1. The monoisotopic (exact) mass is 407 g/mol. The van der Waals surface area contributed by atoms with Crippen LogP contribution < -0.4 is 5.73 Å². The molecule has 0 fully saturated rings. The molecule has 1 amide bonds. The Morgan fingerprint density at radius 2 is 1.97 bits per heavy atom. The average Bonchev–Trinajstić information content (AvgIpc) is 3.34. The highest BCUT2D eigenvalue weighted by Gasteiger charge is 2.28. The van der Waals surface area contributed by atoms with Gasteiger partial charge in [0, 0.05) is 25.1 Å². The minimum Gasteiger partial charge on any atom is -0.335 e. The summed E-state index contributed by atoms with van der Waals surface area (Å²) in [5.41, 5.74) is 6.96. The lowest BCUT2D eigenvalue weighted by atomic mass is 10.0. The van der Waals surface area contributed by atoms with Gasteiger partial charge >= 0.3 is 0 Å². The molecule has 0 unspecified atom stereocenters. The number of H-pyrrole nitrogens is 1. The summed E-state index contributed by atoms with van der Waals surface area (Å²) >= 11 is 0. The maximum Gasteiger partial charge on any atom is 0.226 e. The van der Waals surface area contributed by atoms with Gasteiger partial charge < -0.3 is 10.6 Å². The Bertz CT molecular complexity index is 1040. The second-order valence-electron chi connectivity index (χ2n) is 6.68. The van der Waals surface area contributed by atoms with Gasteiger partial charge in [0.1, 0.15) is 5.82 Å². The predicted octanol–water partition coefficient (Wildman–Crippen LogP) is 0.178. The van der Waals surface area contributed by atoms with E-state index in [2.05, 4.69) is 30.9 Å². The van der Waals surface area contributed by atoms with Crippen molar-refractivity contribution in [1.29, 1.82) is 0 Å². The molecule has 1 atom stereocenters. The Kier molecular flexibility index (Phi) is 4.96. The molecule has 152 valence electrons. The van der Waals surface area contributed by atoms with Crippen molar-refractivity contribution in [2.75, 3.05) is 6.54 Å². The molecule has 0 bridgehead atoms. The fourth-order valence-electron chi connectivity index (χ4n) is 3.22. The van der Waals surface area contributed by atoms with Gasteiger partial charge in [0.05, 0.1) is 18.8 Å². The first-order valence-electron chi connectivity index (χ1n) is 8.75. The highest BCUT2D eigenvalue weighted by atomic mass is 19.2. The van der Waals surface area contributed by atoms with Gasteiger partial charge in [-0.3, -0.25) is 4.79 Å². The number of hydrogen-bond acceptors (Lipinski definition) is 7. The van der Waals surface area contributed by atoms with Crippen LogP contribution in [0, 0.1) is 17.5 Å². The lowest BCUT2D eigenvalue weighted by Gasteiger charge is -2.28. The van der Waals surface area contributed by atoms with Crippen molar-refractivity contribution >= 4 is 5.91 Å². The van der Waals surface area contributed by atoms with E-state index in [1.165, 1.54) is 0 Å². The van der Waals surface area contributed by atoms with E-state index in [1.54, 1.807) is 9.58 Å². The summed E-state index contributed by atoms with van der Waals surface area (Å²) in [5, 5.41) is 21.6. The first-order chi connectivity index (χ1) is 13.9. The van der Waals surface area contributed by atoms with Gasteiger partial charge in [-0.2, -0.15) is 5.21 Å². The molecule has 10 nitrogen and oxygen atoms in total. The molecule has 29 heavy (non-hydrogen) atoms. The molecular formula is C16H16F3N9O. The number of nitrogens with one attached hydrogen (secondary N) is 1. The van der Waals surface area contributed by atoms with Crippen LogP contribution in [0.4, 0.5) is 13.2 Å². The Balaban J connectivity index is 1.42. The third-order valence-electron chi connectivity index (χ3n) is 4.68. The molecule has 2 aromatic heterocycles. The number of amides is 1. The Hall–Kier alpha value is -3.35. The van der Waals surface area contributed by atoms with Gasteiger partial charge in [-0.25, -0.2) is 17.9 Å². The van der Waals surface area contributed by atoms with Crippen LogP contribution in [0.3, 0.4) is 0 Å². The number of fused-ring (bicyclic) bond motifs is 1. The van der Waals surface area contributed by atoms with E-state index in [0.717, 1.165) is 6.07 Å². The van der Waals surface area contributed by atoms with Gasteiger partial charge in [0.15, 0.2) is 17.3 Å². The second-order valence-corrected chi connectivity index (χ2v) is 6.68. The van der Waals surface area contributed by atoms with Crippen LogP contribution in [-0.2, 0) is 24.3 Å². The van der Waals surface area contributed by atoms with E-state index in [-0.39, 0.29) is 36.7 Å². The molecule has 0 aliphatic carbocycles. The van der Waals surface area contributed by atoms with Gasteiger partial charge in [0.2, 0.25) is 11.7 Å². The average molecular weight is 407 g/mol. The number of hydrogen-bond donors (Lipinski definition) is 2. The quantitative estimate of drug-likeness (QED) is 0.577. The van der Waals surface area contributed by atoms with Crippen molar-refractivity contribution < 1.29 is 18.0 Å². The van der Waals surface area contributed by atoms with E-state index in [1.807, 2.05) is 0 Å². The minimum absolute atomic E-state index is 0.0792. The zero-order chi connectivity index (χ0) is 20.5. The summed E-state index contributed by atoms with van der Waals surface area (Å²) in [6.07, 6.45) is -0.187. The minimum atomic E-state index is -1.27. The summed E-state index contributed by atoms with van der Waals surface area (Å²) in [7, 11) is 0. The van der Waals surface area contributed by atoms with E-state index in [0.29, 0.717) is 30.5 Å². The number of nitrogens with zero attached hydrogens (tertiary/aromatic N) is 7. The van der Waals surface area contributed by atoms with Gasteiger partial charge in [-0.1, -0.05) is 5.21 Å². The predicted molar refractivity (Wildman–Crippen MR) is 91.2 cm³/mol. The van der Waals surface area contributed by atoms with Crippen LogP contribution in [0.15, 0.2) is 12.1 Å². The smallest absolute Gasteiger partial charge is 0.226 e. The van der Waals surface area contributed by atoms with Crippen LogP contribution in [0.25, 0.3) is 11.5 Å². The normalized spacial score (nSPS) is 14.7. The number of rotatable bonds is 5. The third-order valence-corrected chi connectivity index (χ3v) is 4.68. The van der Waals surface area contributed by atoms with Crippen LogP contribution in [0.5, 0.6) is 0 Å². The van der Waals surface area contributed by atoms with E-state index < -0.39 is 23.5 Å². The molecule has 3 heterocycles. The van der Waals surface area contributed by atoms with Gasteiger partial charge in [-0.15, -0.1) is 15.3 Å². The van der Waals surface area contributed by atoms with E-state index in [4.69, 9.17) is 5.73 Å². The molecule has 0 saturated carbocycles. The fourth-order valence-corrected chi connectivity index (χ4v) is 3.22. The maximum absolute atomic E-state index is 13.8. The number of carbonyl (C=O) groups is 1. The largest absolute Gasteiger partial charge is 0.335 e. The van der Waals surface area contributed by atoms with Crippen molar-refractivity contribution in [3.63, 3.8) is 0 Å². The molecule has 3 aromatic rings. The van der Waals surface area contributed by atoms with Crippen molar-refractivity contribution in [2.45, 2.75) is 32.0 Å². The van der Waals surface area contributed by atoms with Crippen LogP contribution >= 0.6 is 0 Å². The van der Waals surface area contributed by atoms with Crippen LogP contribution in [0.1, 0.15) is 17.7 Å². The zero-order valence-corrected chi connectivity index (χ0v) is 15.0. The van der Waals surface area contributed by atoms with Crippen molar-refractivity contribution in [3.05, 3.63) is 40.8 Å². The third kappa shape index (κ3) is 3.81. The first kappa shape index (κ1) is 19.0. The molecule has 1 aromatic carbocycles. The van der Waals surface area contributed by atoms with Crippen molar-refractivity contribution in [2.24, 2.45) is 5.73 Å². The number of halogens is 3. The summed E-state index contributed by atoms with van der Waals surface area (Å²) in [6.45, 7) is 1.05. The standard InChI is InChI=1S/C16H16F3N9O/c17-10-6-12(19)11(18)4-8(10)3-9(20)5-14(29)27-1-2-28-13(7-27)15(21-26-28)16-22-24-25-23-16/h4,6,9H,1-3,5,7,20H2,(H,22,23,24,25)/t9-/m1/s1. The molecule has 0 saturated heterocycles. The van der Waals surface area contributed by atoms with Crippen molar-refractivity contribution in [3.8, 4) is 11.5 Å². The maximum atomic E-state index is 13.8. The molecule has 3 N–H and O–H groups in total. The number of carbonyl (C=O) groups excluding carboxylic acids is 1. The van der Waals surface area contributed by atoms with E-state index >= 15 is 0 Å². The molecule has 0 radical (unpaired) electrons. The summed E-state index contributed by atoms with van der Waals surface area (Å²) in [5.74, 6) is -3.32. The van der Waals surface area contributed by atoms with Crippen molar-refractivity contribution in [1.82, 2.24) is 40.5 Å². The first-order valence-corrected chi connectivity index (χ1v) is 8.75. The second kappa shape index (κ2) is 7.58. The molecule has 13 heteroatoms. The highest BCUT2D eigenvalue weighted by Crippen LogP contribution is 2.22. The van der Waals surface area contributed by atoms with Crippen LogP contribution in [0.2, 0.25) is 0 Å². The fraction of sp³-hybridized carbons (Fsp3) is 0.375. The number of aromatic nitrogens is 7. The Labute approximate surface area is 161 Å². The molecule has 4 rings (SSSR count). The Morgan fingerprint density at radius 1 is 1.17 bits per heavy atom. The highest BCUT2D eigenvalue weighted by molar-refractivity contribution is 5.77. The zero-order valence-electron chi connectivity index (χ0n) is 15.0. The SMILES string of the molecule is N[C@@H](CC(=O)N1CCn2nnc(-c3nn[nH]n3)c2C1)Cc1cc(F)c(F)cc1F. The molecule has 1 aliphatic rings. The molecular weight excluding hydrogens is 391 g/mol. The topological polar surface area (TPSA) is 132 Å². The van der Waals surface area contributed by atoms with Gasteiger partial charge in [0.25, 0.3) is 0 Å². The molecule has 0 spiro atoms. The van der Waals surface area contributed by atoms with Gasteiger partial charge in [-0.05, 0) is 23.3 Å². The Morgan fingerprint density at radius 3 is 2.72 bits per heavy atom. The van der Waals surface area contributed by atoms with Crippen LogP contribution in [-0.4, -0.2) is 59.0 Å². The number of tetrazole rings is 1. The lowest BCUT2D eigenvalue weighted by Crippen LogP contribution is -2.41. The van der Waals surface area contributed by atoms with E-state index in [9.17, 15) is 18.0 Å². The number of nitrogens with two attached hydrogens (primary N) is 1. The number of benzene rings is 1. The lowest BCUT2D eigenvalue weighted by molar-refractivity contribution is -0.133.